The van der Waals surface area contributed by atoms with Crippen LogP contribution in [0.2, 0.25) is 0 Å². The molecule has 2 saturated heterocycles. The molecule has 0 radical (unpaired) electrons. The summed E-state index contributed by atoms with van der Waals surface area (Å²) < 4.78 is 26.4. The van der Waals surface area contributed by atoms with Crippen molar-refractivity contribution in [3.8, 4) is 6.07 Å². The van der Waals surface area contributed by atoms with E-state index in [4.69, 9.17) is 5.26 Å². The Bertz CT molecular complexity index is 646. The van der Waals surface area contributed by atoms with E-state index in [1.807, 2.05) is 18.2 Å². The number of nitrogens with zero attached hydrogens (tertiary/aromatic N) is 3. The number of piperidine rings is 1. The number of carbonyl (C=O) groups is 1. The van der Waals surface area contributed by atoms with Crippen molar-refractivity contribution in [1.82, 2.24) is 9.80 Å². The fraction of sp³-hybridized carbons (Fsp3) is 0.556. The Balaban J connectivity index is 1.53. The van der Waals surface area contributed by atoms with Crippen LogP contribution in [0.5, 0.6) is 0 Å². The predicted molar refractivity (Wildman–Crippen MR) is 85.3 cm³/mol. The zero-order valence-corrected chi connectivity index (χ0v) is 13.5. The largest absolute Gasteiger partial charge is 0.342 e. The molecule has 0 aliphatic carbocycles. The topological polar surface area (TPSA) is 47.3 Å². The Hall–Kier alpha value is -2.00. The molecule has 1 aromatic carbocycles. The minimum atomic E-state index is -2.62. The molecular weight excluding hydrogens is 312 g/mol. The monoisotopic (exact) mass is 333 g/mol. The molecule has 1 atom stereocenters. The van der Waals surface area contributed by atoms with Gasteiger partial charge < -0.3 is 4.90 Å². The number of nitriles is 1. The fourth-order valence-electron chi connectivity index (χ4n) is 3.49. The summed E-state index contributed by atoms with van der Waals surface area (Å²) in [7, 11) is 0. The number of hydrogen-bond acceptors (Lipinski definition) is 3. The van der Waals surface area contributed by atoms with Gasteiger partial charge in [0.05, 0.1) is 17.6 Å². The van der Waals surface area contributed by atoms with Crippen LogP contribution in [0.3, 0.4) is 0 Å². The summed E-state index contributed by atoms with van der Waals surface area (Å²) in [6.07, 6.45) is 0.315. The first-order chi connectivity index (χ1) is 11.5. The van der Waals surface area contributed by atoms with E-state index in [9.17, 15) is 13.6 Å². The quantitative estimate of drug-likeness (QED) is 0.854. The van der Waals surface area contributed by atoms with Gasteiger partial charge in [0, 0.05) is 39.0 Å². The van der Waals surface area contributed by atoms with E-state index in [0.29, 0.717) is 18.7 Å². The van der Waals surface area contributed by atoms with E-state index in [-0.39, 0.29) is 37.8 Å². The zero-order valence-electron chi connectivity index (χ0n) is 13.5. The van der Waals surface area contributed by atoms with Gasteiger partial charge in [0.15, 0.2) is 0 Å². The summed E-state index contributed by atoms with van der Waals surface area (Å²) in [5.74, 6) is -2.71. The summed E-state index contributed by atoms with van der Waals surface area (Å²) in [5, 5.41) is 8.95. The Kier molecular flexibility index (Phi) is 4.81. The van der Waals surface area contributed by atoms with Crippen LogP contribution in [0.4, 0.5) is 8.78 Å². The second-order valence-corrected chi connectivity index (χ2v) is 6.71. The molecular formula is C18H21F2N3O. The van der Waals surface area contributed by atoms with Gasteiger partial charge in [0.1, 0.15) is 0 Å². The van der Waals surface area contributed by atoms with Crippen LogP contribution in [0, 0.1) is 17.2 Å². The molecule has 2 aliphatic heterocycles. The smallest absolute Gasteiger partial charge is 0.251 e. The molecule has 1 unspecified atom stereocenters. The van der Waals surface area contributed by atoms with Gasteiger partial charge in [-0.1, -0.05) is 12.1 Å². The third kappa shape index (κ3) is 3.90. The van der Waals surface area contributed by atoms with Gasteiger partial charge >= 0.3 is 0 Å². The lowest BCUT2D eigenvalue weighted by atomic mass is 10.0. The first-order valence-electron chi connectivity index (χ1n) is 8.35. The molecule has 1 aromatic rings. The third-order valence-electron chi connectivity index (χ3n) is 4.89. The van der Waals surface area contributed by atoms with Gasteiger partial charge in [-0.15, -0.1) is 0 Å². The Morgan fingerprint density at radius 1 is 1.29 bits per heavy atom. The summed E-state index contributed by atoms with van der Waals surface area (Å²) in [6, 6.07) is 9.60. The van der Waals surface area contributed by atoms with Crippen molar-refractivity contribution in [1.29, 1.82) is 5.26 Å². The molecule has 3 rings (SSSR count). The third-order valence-corrected chi connectivity index (χ3v) is 4.89. The van der Waals surface area contributed by atoms with Crippen LogP contribution in [0.25, 0.3) is 0 Å². The second-order valence-electron chi connectivity index (χ2n) is 6.71. The van der Waals surface area contributed by atoms with Crippen LogP contribution in [0.1, 0.15) is 30.4 Å². The molecule has 1 amide bonds. The van der Waals surface area contributed by atoms with Crippen molar-refractivity contribution in [2.45, 2.75) is 31.7 Å². The van der Waals surface area contributed by atoms with Crippen LogP contribution >= 0.6 is 0 Å². The molecule has 2 aliphatic rings. The molecule has 0 saturated carbocycles. The van der Waals surface area contributed by atoms with Crippen molar-refractivity contribution < 1.29 is 13.6 Å². The SMILES string of the molecule is N#Cc1cccc(CN2CCC(C(=O)N3CCC(F)(F)CC3)C2)c1. The average molecular weight is 333 g/mol. The van der Waals surface area contributed by atoms with Gasteiger partial charge in [0.2, 0.25) is 5.91 Å². The number of rotatable bonds is 3. The lowest BCUT2D eigenvalue weighted by Crippen LogP contribution is -2.45. The molecule has 24 heavy (non-hydrogen) atoms. The number of halogens is 2. The van der Waals surface area contributed by atoms with Crippen molar-refractivity contribution in [2.75, 3.05) is 26.2 Å². The maximum atomic E-state index is 13.2. The van der Waals surface area contributed by atoms with E-state index in [1.54, 1.807) is 11.0 Å². The maximum absolute atomic E-state index is 13.2. The molecule has 2 fully saturated rings. The highest BCUT2D eigenvalue weighted by Gasteiger charge is 2.38. The maximum Gasteiger partial charge on any atom is 0.251 e. The highest BCUT2D eigenvalue weighted by Crippen LogP contribution is 2.29. The Morgan fingerprint density at radius 3 is 2.75 bits per heavy atom. The van der Waals surface area contributed by atoms with Gasteiger partial charge in [-0.05, 0) is 30.7 Å². The van der Waals surface area contributed by atoms with Gasteiger partial charge in [0.25, 0.3) is 5.92 Å². The summed E-state index contributed by atoms with van der Waals surface area (Å²) in [6.45, 7) is 2.50. The zero-order chi connectivity index (χ0) is 17.2. The van der Waals surface area contributed by atoms with E-state index in [0.717, 1.165) is 18.5 Å². The minimum absolute atomic E-state index is 0.0128. The van der Waals surface area contributed by atoms with Crippen molar-refractivity contribution in [3.05, 3.63) is 35.4 Å². The number of hydrogen-bond donors (Lipinski definition) is 0. The molecule has 2 heterocycles. The van der Waals surface area contributed by atoms with Crippen LogP contribution in [-0.2, 0) is 11.3 Å². The van der Waals surface area contributed by atoms with Crippen molar-refractivity contribution >= 4 is 5.91 Å². The number of likely N-dealkylation sites (tertiary alicyclic amines) is 2. The standard InChI is InChI=1S/C18H21F2N3O/c19-18(20)5-8-23(9-6-18)17(24)16-4-7-22(13-16)12-15-3-1-2-14(10-15)11-21/h1-3,10,16H,4-9,12-13H2. The lowest BCUT2D eigenvalue weighted by Gasteiger charge is -2.33. The van der Waals surface area contributed by atoms with Crippen LogP contribution < -0.4 is 0 Å². The van der Waals surface area contributed by atoms with E-state index in [2.05, 4.69) is 11.0 Å². The molecule has 0 spiro atoms. The predicted octanol–water partition coefficient (Wildman–Crippen LogP) is 2.64. The molecule has 0 bridgehead atoms. The first-order valence-corrected chi connectivity index (χ1v) is 8.35. The molecule has 0 N–H and O–H groups in total. The Morgan fingerprint density at radius 2 is 2.04 bits per heavy atom. The van der Waals surface area contributed by atoms with Gasteiger partial charge in [-0.2, -0.15) is 5.26 Å². The van der Waals surface area contributed by atoms with Crippen molar-refractivity contribution in [3.63, 3.8) is 0 Å². The van der Waals surface area contributed by atoms with E-state index in [1.165, 1.54) is 0 Å². The number of alkyl halides is 2. The van der Waals surface area contributed by atoms with Crippen LogP contribution in [0.15, 0.2) is 24.3 Å². The highest BCUT2D eigenvalue weighted by molar-refractivity contribution is 5.79. The molecule has 128 valence electrons. The van der Waals surface area contributed by atoms with Crippen molar-refractivity contribution in [2.24, 2.45) is 5.92 Å². The minimum Gasteiger partial charge on any atom is -0.342 e. The van der Waals surface area contributed by atoms with Gasteiger partial charge in [-0.25, -0.2) is 8.78 Å². The highest BCUT2D eigenvalue weighted by atomic mass is 19.3. The van der Waals surface area contributed by atoms with E-state index >= 15 is 0 Å². The van der Waals surface area contributed by atoms with Gasteiger partial charge in [-0.3, -0.25) is 9.69 Å². The number of carbonyl (C=O) groups excluding carboxylic acids is 1. The lowest BCUT2D eigenvalue weighted by molar-refractivity contribution is -0.141. The first kappa shape index (κ1) is 16.8. The number of benzene rings is 1. The molecule has 4 nitrogen and oxygen atoms in total. The Labute approximate surface area is 140 Å². The summed E-state index contributed by atoms with van der Waals surface area (Å²) in [4.78, 5) is 16.3. The number of amides is 1. The summed E-state index contributed by atoms with van der Waals surface area (Å²) >= 11 is 0. The molecule has 0 aromatic heterocycles. The average Bonchev–Trinajstić information content (AvgIpc) is 3.03. The fourth-order valence-corrected chi connectivity index (χ4v) is 3.49. The normalized spacial score (nSPS) is 23.9. The second kappa shape index (κ2) is 6.86. The molecule has 6 heteroatoms. The van der Waals surface area contributed by atoms with Crippen LogP contribution in [-0.4, -0.2) is 47.8 Å². The van der Waals surface area contributed by atoms with E-state index < -0.39 is 5.92 Å². The summed E-state index contributed by atoms with van der Waals surface area (Å²) in [5.41, 5.74) is 1.69.